The van der Waals surface area contributed by atoms with Gasteiger partial charge in [-0.2, -0.15) is 0 Å². The van der Waals surface area contributed by atoms with E-state index in [-0.39, 0.29) is 40.7 Å². The summed E-state index contributed by atoms with van der Waals surface area (Å²) in [4.78, 5) is 2.59. The largest absolute Gasteiger partial charge is 0.393 e. The van der Waals surface area contributed by atoms with Gasteiger partial charge in [0, 0.05) is 6.54 Å². The molecule has 17 fully saturated rings. The monoisotopic (exact) mass is 2070 g/mol. The molecule has 0 amide bonds. The third-order valence-electron chi connectivity index (χ3n) is 36.0. The van der Waals surface area contributed by atoms with Crippen LogP contribution in [0.1, 0.15) is 627 Å². The lowest BCUT2D eigenvalue weighted by atomic mass is 9.77. The molecule has 17 rings (SSSR count). The zero-order valence-electron chi connectivity index (χ0n) is 106. The zero-order valence-corrected chi connectivity index (χ0v) is 106. The molecule has 146 heavy (non-hydrogen) atoms. The summed E-state index contributed by atoms with van der Waals surface area (Å²) in [5.41, 5.74) is -1.21. The molecular weight excluding hydrogens is 1790 g/mol. The molecule has 0 aromatic carbocycles. The lowest BCUT2D eigenvalue weighted by molar-refractivity contribution is -0.0368. The summed E-state index contributed by atoms with van der Waals surface area (Å²) in [5, 5.41) is 68.0. The first kappa shape index (κ1) is 144. The van der Waals surface area contributed by atoms with Crippen LogP contribution in [0, 0.1) is 160 Å². The smallest absolute Gasteiger partial charge is 0.0812 e. The molecule has 3 aliphatic heterocycles. The van der Waals surface area contributed by atoms with E-state index in [4.69, 9.17) is 9.47 Å². The summed E-state index contributed by atoms with van der Waals surface area (Å²) in [6.45, 7) is 81.8. The molecule has 0 bridgehead atoms. The standard InChI is InChI=1S/C10H20O.C9H19N.3C9H18O.2C9H18.2C8H16O.2C8H16.2C7H14O.2C7H14.C6H12O.C6H12/c1-9(2)8-10(11)6-4-3-5-7-10;1-9(2)8-10-6-4-3-5-7-10;1-8(2)7-9(10)5-3-4-6-9;1-8(2)9(10)6-4-3-5-7-9;1-7(2)9(10)8-5-3-4-6-8;1-8(2)7-9-5-3-4-6-9;1-8(2)9-6-4-3-5-7-9;1-7(2)8(9)5-3-4-6-8;1-6(2)8(9)7-4-3-5-7;1-7(2)6-8-4-3-5-8;1-7(2)8-5-3-4-6-8;1-6(2)3-4-7-5-8-7;1-5(2)7(8)6-3-4-6;1-6(2)5-7-3-4-7;1-6(2)7-4-3-5-7;1-5(2)3-6-4-7-6;1-5(2)6-3-4-6/h9,11H,3-8H2,1-2H3;9H,3-8H2,1-2H3;2*8,10H,3-7H2,1-2H3;7-10H,3-6H2,1-2H3;2*8-9H,3-7H2,1-2H3;7,9H,3-6H2,1-2H3;6-9H,3-5H2,1-2H3;2*7-8H,3-6H2,1-2H3;6-7H,3-5H2,1-2H3;5-8H,3-4H2,1-2H3;2*6-7H,3-5H2,1-2H3;5-6H,3-4H2,1-2H3;5-6H,3-4H2,1-2H3. The van der Waals surface area contributed by atoms with Gasteiger partial charge in [-0.25, -0.2) is 0 Å². The van der Waals surface area contributed by atoms with Gasteiger partial charge in [-0.3, -0.25) is 0 Å². The molecular formula is C136H273NO9. The summed E-state index contributed by atoms with van der Waals surface area (Å²) < 4.78 is 10.1. The van der Waals surface area contributed by atoms with Crippen LogP contribution in [-0.4, -0.2) is 126 Å². The van der Waals surface area contributed by atoms with Crippen LogP contribution < -0.4 is 0 Å². The van der Waals surface area contributed by atoms with Crippen LogP contribution in [-0.2, 0) is 9.47 Å². The highest BCUT2D eigenvalue weighted by molar-refractivity contribution is 4.90. The second-order valence-corrected chi connectivity index (χ2v) is 58.0. The van der Waals surface area contributed by atoms with E-state index in [2.05, 4.69) is 240 Å². The van der Waals surface area contributed by atoms with Crippen molar-refractivity contribution in [2.75, 3.05) is 32.8 Å². The van der Waals surface area contributed by atoms with Crippen LogP contribution in [0.2, 0.25) is 0 Å². The van der Waals surface area contributed by atoms with Crippen molar-refractivity contribution in [3.63, 3.8) is 0 Å². The number of aliphatic hydroxyl groups is 7. The Balaban J connectivity index is 0.000000777. The van der Waals surface area contributed by atoms with Crippen LogP contribution in [0.25, 0.3) is 0 Å². The summed E-state index contributed by atoms with van der Waals surface area (Å²) >= 11 is 0. The molecule has 0 radical (unpaired) electrons. The zero-order chi connectivity index (χ0) is 110. The third-order valence-corrected chi connectivity index (χ3v) is 36.0. The molecule has 10 nitrogen and oxygen atoms in total. The van der Waals surface area contributed by atoms with E-state index >= 15 is 0 Å². The number of piperidine rings is 1. The minimum Gasteiger partial charge on any atom is -0.393 e. The fourth-order valence-electron chi connectivity index (χ4n) is 24.4. The van der Waals surface area contributed by atoms with Crippen LogP contribution >= 0.6 is 0 Å². The van der Waals surface area contributed by atoms with Crippen molar-refractivity contribution in [3.8, 4) is 0 Å². The Hall–Kier alpha value is -0.400. The van der Waals surface area contributed by atoms with Gasteiger partial charge in [0.15, 0.2) is 0 Å². The summed E-state index contributed by atoms with van der Waals surface area (Å²) in [6, 6.07) is 0. The van der Waals surface area contributed by atoms with Gasteiger partial charge >= 0.3 is 0 Å². The molecule has 5 atom stereocenters. The molecule has 5 unspecified atom stereocenters. The van der Waals surface area contributed by atoms with Crippen LogP contribution in [0.4, 0.5) is 0 Å². The van der Waals surface area contributed by atoms with Crippen molar-refractivity contribution in [2.45, 2.75) is 680 Å². The lowest BCUT2D eigenvalue weighted by Gasteiger charge is -2.35. The highest BCUT2D eigenvalue weighted by Gasteiger charge is 2.38. The van der Waals surface area contributed by atoms with Gasteiger partial charge in [-0.05, 0) is 340 Å². The van der Waals surface area contributed by atoms with Crippen molar-refractivity contribution < 1.29 is 45.2 Å². The molecule has 0 aromatic heterocycles. The maximum Gasteiger partial charge on any atom is 0.0812 e. The number of hydrogen-bond donors (Lipinski definition) is 7. The van der Waals surface area contributed by atoms with Gasteiger partial charge in [0.05, 0.1) is 66.1 Å². The lowest BCUT2D eigenvalue weighted by Crippen LogP contribution is -2.36. The Morgan fingerprint density at radius 1 is 0.233 bits per heavy atom. The molecule has 14 aliphatic carbocycles. The molecule has 17 aliphatic rings. The average molecular weight is 2070 g/mol. The third kappa shape index (κ3) is 77.1. The number of epoxide rings is 2. The van der Waals surface area contributed by atoms with E-state index in [1.54, 1.807) is 0 Å². The van der Waals surface area contributed by atoms with Gasteiger partial charge in [0.25, 0.3) is 0 Å². The van der Waals surface area contributed by atoms with Crippen molar-refractivity contribution in [1.82, 2.24) is 4.90 Å². The highest BCUT2D eigenvalue weighted by atomic mass is 16.6. The van der Waals surface area contributed by atoms with Gasteiger partial charge in [0.2, 0.25) is 0 Å². The van der Waals surface area contributed by atoms with E-state index in [1.807, 2.05) is 0 Å². The van der Waals surface area contributed by atoms with Crippen molar-refractivity contribution >= 4 is 0 Å². The van der Waals surface area contributed by atoms with Gasteiger partial charge in [-0.15, -0.1) is 0 Å². The molecule has 14 saturated carbocycles. The first-order valence-electron chi connectivity index (χ1n) is 65.5. The fraction of sp³-hybridized carbons (Fsp3) is 1.00. The minimum atomic E-state index is -0.321. The quantitative estimate of drug-likeness (QED) is 0.0358. The van der Waals surface area contributed by atoms with E-state index in [0.29, 0.717) is 71.4 Å². The summed E-state index contributed by atoms with van der Waals surface area (Å²) in [5.74, 6) is 22.1. The Kier molecular flexibility index (Phi) is 80.7. The molecule has 3 saturated heterocycles. The SMILES string of the molecule is CC(C)C(O)C1CC1.CC(C)C(O)C1CCC1.CC(C)C(O)C1CCCC1.CC(C)C1(O)CCCC1.CC(C)C1(O)CCCCC1.CC(C)C1CC1.CC(C)C1CCC1.CC(C)C1CCCC1.CC(C)C1CCCCC1.CC(C)CC1(O)CCCC1.CC(C)CC1(O)CCCCC1.CC(C)CC1CC1.CC(C)CC1CCC1.CC(C)CC1CCCC1.CC(C)CC1CO1.CC(C)CCC1CO1.CC(C)CN1CCCCC1. The first-order chi connectivity index (χ1) is 68.6. The number of ether oxygens (including phenoxy) is 2. The Labute approximate surface area is 917 Å². The topological polar surface area (TPSA) is 170 Å². The van der Waals surface area contributed by atoms with Crippen molar-refractivity contribution in [3.05, 3.63) is 0 Å². The molecule has 0 aromatic rings. The molecule has 7 N–H and O–H groups in total. The van der Waals surface area contributed by atoms with E-state index in [1.165, 1.54) is 347 Å². The Bertz CT molecular complexity index is 2790. The number of rotatable bonds is 29. The van der Waals surface area contributed by atoms with Crippen LogP contribution in [0.5, 0.6) is 0 Å². The number of hydrogen-bond acceptors (Lipinski definition) is 10. The Morgan fingerprint density at radius 2 is 0.473 bits per heavy atom. The normalized spacial score (nSPS) is 23.7. The summed E-state index contributed by atoms with van der Waals surface area (Å²) in [7, 11) is 0. The van der Waals surface area contributed by atoms with Gasteiger partial charge in [-0.1, -0.05) is 460 Å². The second kappa shape index (κ2) is 82.1. The second-order valence-electron chi connectivity index (χ2n) is 58.0. The number of likely N-dealkylation sites (tertiary alicyclic amines) is 1. The minimum absolute atomic E-state index is 0.0185. The van der Waals surface area contributed by atoms with Crippen molar-refractivity contribution in [2.24, 2.45) is 160 Å². The van der Waals surface area contributed by atoms with E-state index < -0.39 is 0 Å². The fourth-order valence-corrected chi connectivity index (χ4v) is 24.4. The number of aliphatic hydroxyl groups excluding tert-OH is 3. The maximum atomic E-state index is 10.0. The molecule has 3 heterocycles. The highest BCUT2D eigenvalue weighted by Crippen LogP contribution is 2.43. The van der Waals surface area contributed by atoms with Crippen LogP contribution in [0.3, 0.4) is 0 Å². The van der Waals surface area contributed by atoms with Crippen LogP contribution in [0.15, 0.2) is 0 Å². The predicted octanol–water partition coefficient (Wildman–Crippen LogP) is 39.2. The first-order valence-corrected chi connectivity index (χ1v) is 65.5. The maximum absolute atomic E-state index is 10.0. The molecule has 10 heteroatoms. The van der Waals surface area contributed by atoms with Crippen molar-refractivity contribution in [1.29, 1.82) is 0 Å². The van der Waals surface area contributed by atoms with Gasteiger partial charge < -0.3 is 50.1 Å². The predicted molar refractivity (Wildman–Crippen MR) is 643 cm³/mol. The summed E-state index contributed by atoms with van der Waals surface area (Å²) in [6.07, 6.45) is 82.3. The Morgan fingerprint density at radius 3 is 0.685 bits per heavy atom. The molecule has 876 valence electrons. The molecule has 0 spiro atoms. The van der Waals surface area contributed by atoms with E-state index in [9.17, 15) is 35.7 Å². The number of nitrogens with zero attached hydrogens (tertiary/aromatic N) is 1. The van der Waals surface area contributed by atoms with Gasteiger partial charge in [0.1, 0.15) is 0 Å². The average Bonchev–Trinajstić information content (AvgIpc) is 1.66. The van der Waals surface area contributed by atoms with E-state index in [0.717, 1.165) is 178 Å².